The van der Waals surface area contributed by atoms with Gasteiger partial charge in [-0.3, -0.25) is 4.79 Å². The monoisotopic (exact) mass is 334 g/mol. The minimum atomic E-state index is 0.374. The number of carbonyl (C=O) groups excluding carboxylic acids is 1. The Balaban J connectivity index is 1.49. The molecule has 106 valence electrons. The van der Waals surface area contributed by atoms with Crippen molar-refractivity contribution in [3.63, 3.8) is 0 Å². The van der Waals surface area contributed by atoms with Crippen molar-refractivity contribution in [1.82, 2.24) is 0 Å². The van der Waals surface area contributed by atoms with Gasteiger partial charge in [-0.15, -0.1) is 0 Å². The van der Waals surface area contributed by atoms with Crippen LogP contribution in [0.5, 0.6) is 5.75 Å². The van der Waals surface area contributed by atoms with Crippen molar-refractivity contribution in [2.75, 3.05) is 7.11 Å². The van der Waals surface area contributed by atoms with E-state index in [9.17, 15) is 4.79 Å². The van der Waals surface area contributed by atoms with Crippen LogP contribution in [-0.2, 0) is 11.2 Å². The van der Waals surface area contributed by atoms with Gasteiger partial charge in [-0.2, -0.15) is 0 Å². The molecular formula is C17H19BrO2. The zero-order valence-corrected chi connectivity index (χ0v) is 13.2. The van der Waals surface area contributed by atoms with Crippen LogP contribution >= 0.6 is 15.9 Å². The van der Waals surface area contributed by atoms with E-state index in [2.05, 4.69) is 15.9 Å². The molecule has 3 heteroatoms. The third-order valence-electron chi connectivity index (χ3n) is 5.72. The van der Waals surface area contributed by atoms with Gasteiger partial charge in [-0.05, 0) is 66.7 Å². The molecule has 3 fully saturated rings. The van der Waals surface area contributed by atoms with E-state index in [4.69, 9.17) is 4.74 Å². The fourth-order valence-electron chi connectivity index (χ4n) is 4.87. The Morgan fingerprint density at radius 3 is 2.65 bits per heavy atom. The quantitative estimate of drug-likeness (QED) is 0.835. The van der Waals surface area contributed by atoms with E-state index >= 15 is 0 Å². The van der Waals surface area contributed by atoms with E-state index in [-0.39, 0.29) is 0 Å². The minimum absolute atomic E-state index is 0.374. The van der Waals surface area contributed by atoms with Gasteiger partial charge in [0.05, 0.1) is 7.11 Å². The van der Waals surface area contributed by atoms with Crippen LogP contribution in [0.3, 0.4) is 0 Å². The Morgan fingerprint density at radius 2 is 2.00 bits per heavy atom. The molecule has 0 aromatic heterocycles. The number of ketones is 1. The van der Waals surface area contributed by atoms with Gasteiger partial charge in [0.2, 0.25) is 0 Å². The lowest BCUT2D eigenvalue weighted by Gasteiger charge is -2.10. The summed E-state index contributed by atoms with van der Waals surface area (Å²) in [5.41, 5.74) is 1.06. The Kier molecular flexibility index (Phi) is 2.95. The lowest BCUT2D eigenvalue weighted by Crippen LogP contribution is -2.12. The van der Waals surface area contributed by atoms with Crippen LogP contribution < -0.4 is 4.74 Å². The standard InChI is InChI=1S/C17H19BrO2/c1-20-12-4-5-13(18)11(7-12)8-14(19)17-15-9-2-3-10(6-9)16(15)17/h4-5,7,9-10,15-17H,2-3,6,8H2,1H3. The minimum Gasteiger partial charge on any atom is -0.497 e. The van der Waals surface area contributed by atoms with E-state index in [0.717, 1.165) is 39.5 Å². The first-order valence-corrected chi connectivity index (χ1v) is 8.33. The fraction of sp³-hybridized carbons (Fsp3) is 0.588. The molecule has 0 saturated heterocycles. The summed E-state index contributed by atoms with van der Waals surface area (Å²) >= 11 is 3.55. The zero-order chi connectivity index (χ0) is 13.9. The topological polar surface area (TPSA) is 26.3 Å². The summed E-state index contributed by atoms with van der Waals surface area (Å²) in [6.07, 6.45) is 4.70. The van der Waals surface area contributed by atoms with Crippen molar-refractivity contribution in [2.24, 2.45) is 29.6 Å². The molecule has 3 saturated carbocycles. The number of hydrogen-bond acceptors (Lipinski definition) is 2. The first-order chi connectivity index (χ1) is 9.69. The molecule has 4 atom stereocenters. The molecule has 2 bridgehead atoms. The Hall–Kier alpha value is -0.830. The van der Waals surface area contributed by atoms with E-state index in [1.165, 1.54) is 19.3 Å². The predicted octanol–water partition coefficient (Wildman–Crippen LogP) is 3.86. The number of hydrogen-bond donors (Lipinski definition) is 0. The highest BCUT2D eigenvalue weighted by Gasteiger charge is 2.66. The van der Waals surface area contributed by atoms with Crippen LogP contribution in [0.2, 0.25) is 0 Å². The number of ether oxygens (including phenoxy) is 1. The van der Waals surface area contributed by atoms with E-state index in [0.29, 0.717) is 18.1 Å². The molecule has 0 amide bonds. The lowest BCUT2D eigenvalue weighted by molar-refractivity contribution is -0.120. The average Bonchev–Trinajstić information content (AvgIpc) is 2.90. The Morgan fingerprint density at radius 1 is 1.30 bits per heavy atom. The van der Waals surface area contributed by atoms with Crippen molar-refractivity contribution < 1.29 is 9.53 Å². The first-order valence-electron chi connectivity index (χ1n) is 7.54. The molecule has 2 nitrogen and oxygen atoms in total. The van der Waals surface area contributed by atoms with Crippen LogP contribution in [-0.4, -0.2) is 12.9 Å². The molecule has 0 radical (unpaired) electrons. The fourth-order valence-corrected chi connectivity index (χ4v) is 5.26. The zero-order valence-electron chi connectivity index (χ0n) is 11.6. The number of carbonyl (C=O) groups is 1. The molecule has 1 aromatic rings. The summed E-state index contributed by atoms with van der Waals surface area (Å²) in [4.78, 5) is 12.6. The van der Waals surface area contributed by atoms with Crippen LogP contribution in [0.1, 0.15) is 24.8 Å². The van der Waals surface area contributed by atoms with Gasteiger partial charge in [0.25, 0.3) is 0 Å². The Bertz CT molecular complexity index is 552. The summed E-state index contributed by atoms with van der Waals surface area (Å²) in [5, 5.41) is 0. The van der Waals surface area contributed by atoms with Gasteiger partial charge in [0.15, 0.2) is 0 Å². The van der Waals surface area contributed by atoms with Crippen LogP contribution in [0.25, 0.3) is 0 Å². The summed E-state index contributed by atoms with van der Waals surface area (Å²) in [6.45, 7) is 0. The van der Waals surface area contributed by atoms with E-state index in [1.54, 1.807) is 7.11 Å². The molecule has 3 aliphatic rings. The predicted molar refractivity (Wildman–Crippen MR) is 80.7 cm³/mol. The third kappa shape index (κ3) is 1.86. The molecule has 20 heavy (non-hydrogen) atoms. The van der Waals surface area contributed by atoms with Crippen molar-refractivity contribution >= 4 is 21.7 Å². The van der Waals surface area contributed by atoms with Crippen molar-refractivity contribution in [3.8, 4) is 5.75 Å². The second-order valence-electron chi connectivity index (χ2n) is 6.61. The lowest BCUT2D eigenvalue weighted by atomic mass is 9.96. The van der Waals surface area contributed by atoms with Gasteiger partial charge in [0.1, 0.15) is 11.5 Å². The molecule has 3 aliphatic carbocycles. The van der Waals surface area contributed by atoms with Gasteiger partial charge in [-0.1, -0.05) is 15.9 Å². The maximum Gasteiger partial charge on any atom is 0.140 e. The average molecular weight is 335 g/mol. The highest BCUT2D eigenvalue weighted by molar-refractivity contribution is 9.10. The number of rotatable bonds is 4. The molecule has 0 aliphatic heterocycles. The first kappa shape index (κ1) is 12.9. The largest absolute Gasteiger partial charge is 0.497 e. The third-order valence-corrected chi connectivity index (χ3v) is 6.50. The number of halogens is 1. The highest BCUT2D eigenvalue weighted by Crippen LogP contribution is 2.69. The van der Waals surface area contributed by atoms with Gasteiger partial charge in [-0.25, -0.2) is 0 Å². The van der Waals surface area contributed by atoms with Gasteiger partial charge in [0, 0.05) is 16.8 Å². The second-order valence-corrected chi connectivity index (χ2v) is 7.47. The number of Topliss-reactive ketones (excluding diaryl/α,β-unsaturated/α-hetero) is 1. The molecule has 0 heterocycles. The van der Waals surface area contributed by atoms with Crippen molar-refractivity contribution in [2.45, 2.75) is 25.7 Å². The van der Waals surface area contributed by atoms with Crippen molar-refractivity contribution in [3.05, 3.63) is 28.2 Å². The normalized spacial score (nSPS) is 36.8. The highest BCUT2D eigenvalue weighted by atomic mass is 79.9. The number of methoxy groups -OCH3 is 1. The van der Waals surface area contributed by atoms with Crippen LogP contribution in [0.4, 0.5) is 0 Å². The molecule has 4 unspecified atom stereocenters. The SMILES string of the molecule is COc1ccc(Br)c(CC(=O)C2C3C4CCC(C4)C23)c1. The summed E-state index contributed by atoms with van der Waals surface area (Å²) in [5.74, 6) is 4.87. The molecule has 1 aromatic carbocycles. The summed E-state index contributed by atoms with van der Waals surface area (Å²) in [6, 6.07) is 5.87. The van der Waals surface area contributed by atoms with E-state index < -0.39 is 0 Å². The van der Waals surface area contributed by atoms with E-state index in [1.807, 2.05) is 18.2 Å². The molecule has 0 N–H and O–H groups in total. The van der Waals surface area contributed by atoms with Crippen LogP contribution in [0, 0.1) is 29.6 Å². The Labute approximate surface area is 128 Å². The summed E-state index contributed by atoms with van der Waals surface area (Å²) < 4.78 is 6.27. The molecular weight excluding hydrogens is 316 g/mol. The maximum absolute atomic E-state index is 12.6. The van der Waals surface area contributed by atoms with Crippen LogP contribution in [0.15, 0.2) is 22.7 Å². The second kappa shape index (κ2) is 4.59. The van der Waals surface area contributed by atoms with Gasteiger partial charge >= 0.3 is 0 Å². The van der Waals surface area contributed by atoms with Crippen molar-refractivity contribution in [1.29, 1.82) is 0 Å². The number of fused-ring (bicyclic) bond motifs is 5. The smallest absolute Gasteiger partial charge is 0.140 e. The number of benzene rings is 1. The van der Waals surface area contributed by atoms with Gasteiger partial charge < -0.3 is 4.74 Å². The summed E-state index contributed by atoms with van der Waals surface area (Å²) in [7, 11) is 1.66. The molecule has 0 spiro atoms. The maximum atomic E-state index is 12.6. The molecule has 4 rings (SSSR count).